The van der Waals surface area contributed by atoms with Crippen LogP contribution in [0.3, 0.4) is 0 Å². The highest BCUT2D eigenvalue weighted by Crippen LogP contribution is 2.17. The van der Waals surface area contributed by atoms with Crippen LogP contribution in [-0.2, 0) is 4.79 Å². The standard InChI is InChI=1S/C10H20N2O2/c1-2-3-9(13)6-12-10(14)7-11-8-4-5-8/h8-9,11,13H,2-7H2,1H3,(H,12,14). The van der Waals surface area contributed by atoms with Crippen LogP contribution in [0.1, 0.15) is 32.6 Å². The van der Waals surface area contributed by atoms with Crippen molar-refractivity contribution in [3.63, 3.8) is 0 Å². The highest BCUT2D eigenvalue weighted by Gasteiger charge is 2.21. The SMILES string of the molecule is CCCC(O)CNC(=O)CNC1CC1. The lowest BCUT2D eigenvalue weighted by Gasteiger charge is -2.10. The van der Waals surface area contributed by atoms with Gasteiger partial charge in [0.25, 0.3) is 0 Å². The van der Waals surface area contributed by atoms with Crippen molar-refractivity contribution in [3.05, 3.63) is 0 Å². The van der Waals surface area contributed by atoms with E-state index in [4.69, 9.17) is 0 Å². The predicted octanol–water partition coefficient (Wildman–Crippen LogP) is 0.0156. The molecular formula is C10H20N2O2. The number of amides is 1. The van der Waals surface area contributed by atoms with E-state index in [-0.39, 0.29) is 5.91 Å². The molecular weight excluding hydrogens is 180 g/mol. The Kier molecular flexibility index (Phi) is 4.90. The minimum atomic E-state index is -0.398. The fourth-order valence-electron chi connectivity index (χ4n) is 1.25. The largest absolute Gasteiger partial charge is 0.391 e. The molecule has 0 aromatic rings. The molecule has 1 aliphatic rings. The highest BCUT2D eigenvalue weighted by atomic mass is 16.3. The number of nitrogens with one attached hydrogen (secondary N) is 2. The number of hydrogen-bond acceptors (Lipinski definition) is 3. The molecule has 0 radical (unpaired) electrons. The van der Waals surface area contributed by atoms with E-state index in [1.165, 1.54) is 12.8 Å². The first kappa shape index (κ1) is 11.5. The first-order valence-electron chi connectivity index (χ1n) is 5.40. The molecule has 82 valence electrons. The Morgan fingerprint density at radius 2 is 2.29 bits per heavy atom. The summed E-state index contributed by atoms with van der Waals surface area (Å²) in [6, 6.07) is 0.557. The molecule has 0 aromatic carbocycles. The van der Waals surface area contributed by atoms with Gasteiger partial charge in [-0.25, -0.2) is 0 Å². The fourth-order valence-corrected chi connectivity index (χ4v) is 1.25. The fraction of sp³-hybridized carbons (Fsp3) is 0.900. The second-order valence-corrected chi connectivity index (χ2v) is 3.90. The smallest absolute Gasteiger partial charge is 0.234 e. The summed E-state index contributed by atoms with van der Waals surface area (Å²) in [4.78, 5) is 11.2. The van der Waals surface area contributed by atoms with E-state index in [1.807, 2.05) is 6.92 Å². The summed E-state index contributed by atoms with van der Waals surface area (Å²) in [6.45, 7) is 2.77. The molecule has 1 fully saturated rings. The van der Waals surface area contributed by atoms with Crippen LogP contribution >= 0.6 is 0 Å². The van der Waals surface area contributed by atoms with Gasteiger partial charge in [0.15, 0.2) is 0 Å². The molecule has 4 nitrogen and oxygen atoms in total. The number of aliphatic hydroxyl groups excluding tert-OH is 1. The minimum absolute atomic E-state index is 0.0212. The van der Waals surface area contributed by atoms with Gasteiger partial charge in [0.2, 0.25) is 5.91 Å². The number of rotatable bonds is 7. The zero-order valence-corrected chi connectivity index (χ0v) is 8.75. The highest BCUT2D eigenvalue weighted by molar-refractivity contribution is 5.78. The van der Waals surface area contributed by atoms with Gasteiger partial charge < -0.3 is 15.7 Å². The average molecular weight is 200 g/mol. The lowest BCUT2D eigenvalue weighted by Crippen LogP contribution is -2.38. The van der Waals surface area contributed by atoms with Crippen LogP contribution in [0.2, 0.25) is 0 Å². The average Bonchev–Trinajstić information content (AvgIpc) is 2.95. The zero-order valence-electron chi connectivity index (χ0n) is 8.75. The Hall–Kier alpha value is -0.610. The summed E-state index contributed by atoms with van der Waals surface area (Å²) in [7, 11) is 0. The Morgan fingerprint density at radius 3 is 2.86 bits per heavy atom. The topological polar surface area (TPSA) is 61.4 Å². The maximum Gasteiger partial charge on any atom is 0.234 e. The normalized spacial score (nSPS) is 17.9. The molecule has 1 rings (SSSR count). The van der Waals surface area contributed by atoms with Crippen LogP contribution in [0.5, 0.6) is 0 Å². The number of carbonyl (C=O) groups excluding carboxylic acids is 1. The van der Waals surface area contributed by atoms with E-state index in [1.54, 1.807) is 0 Å². The van der Waals surface area contributed by atoms with E-state index in [9.17, 15) is 9.90 Å². The van der Waals surface area contributed by atoms with Crippen LogP contribution in [0.25, 0.3) is 0 Å². The molecule has 0 aliphatic heterocycles. The van der Waals surface area contributed by atoms with E-state index in [0.29, 0.717) is 19.1 Å². The van der Waals surface area contributed by atoms with E-state index < -0.39 is 6.10 Å². The maximum atomic E-state index is 11.2. The van der Waals surface area contributed by atoms with E-state index in [0.717, 1.165) is 12.8 Å². The molecule has 0 saturated heterocycles. The van der Waals surface area contributed by atoms with Crippen LogP contribution in [0.15, 0.2) is 0 Å². The molecule has 1 amide bonds. The first-order valence-corrected chi connectivity index (χ1v) is 5.40. The molecule has 14 heavy (non-hydrogen) atoms. The lowest BCUT2D eigenvalue weighted by molar-refractivity contribution is -0.120. The molecule has 0 bridgehead atoms. The van der Waals surface area contributed by atoms with Crippen molar-refractivity contribution >= 4 is 5.91 Å². The van der Waals surface area contributed by atoms with Crippen molar-refractivity contribution in [2.75, 3.05) is 13.1 Å². The maximum absolute atomic E-state index is 11.2. The third-order valence-corrected chi connectivity index (χ3v) is 2.29. The van der Waals surface area contributed by atoms with Gasteiger partial charge in [-0.2, -0.15) is 0 Å². The van der Waals surface area contributed by atoms with Crippen molar-refractivity contribution in [3.8, 4) is 0 Å². The van der Waals surface area contributed by atoms with Crippen molar-refractivity contribution in [1.29, 1.82) is 0 Å². The Balaban J connectivity index is 1.95. The molecule has 1 aliphatic carbocycles. The van der Waals surface area contributed by atoms with Crippen LogP contribution in [-0.4, -0.2) is 36.2 Å². The van der Waals surface area contributed by atoms with Gasteiger partial charge in [0, 0.05) is 12.6 Å². The van der Waals surface area contributed by atoms with Gasteiger partial charge in [0.05, 0.1) is 12.6 Å². The summed E-state index contributed by atoms with van der Waals surface area (Å²) < 4.78 is 0. The quantitative estimate of drug-likeness (QED) is 0.543. The van der Waals surface area contributed by atoms with Crippen molar-refractivity contribution in [1.82, 2.24) is 10.6 Å². The number of aliphatic hydroxyl groups is 1. The van der Waals surface area contributed by atoms with Crippen LogP contribution in [0.4, 0.5) is 0 Å². The summed E-state index contributed by atoms with van der Waals surface area (Å²) in [6.07, 6.45) is 3.66. The molecule has 1 unspecified atom stereocenters. The van der Waals surface area contributed by atoms with Gasteiger partial charge in [-0.05, 0) is 19.3 Å². The first-order chi connectivity index (χ1) is 6.72. The van der Waals surface area contributed by atoms with Crippen molar-refractivity contribution in [2.45, 2.75) is 44.8 Å². The molecule has 4 heteroatoms. The van der Waals surface area contributed by atoms with Crippen molar-refractivity contribution < 1.29 is 9.90 Å². The molecule has 1 saturated carbocycles. The van der Waals surface area contributed by atoms with Crippen molar-refractivity contribution in [2.24, 2.45) is 0 Å². The van der Waals surface area contributed by atoms with Gasteiger partial charge >= 0.3 is 0 Å². The van der Waals surface area contributed by atoms with Crippen LogP contribution < -0.4 is 10.6 Å². The Labute approximate surface area is 85.1 Å². The van der Waals surface area contributed by atoms with Gasteiger partial charge in [-0.3, -0.25) is 4.79 Å². The third kappa shape index (κ3) is 5.19. The molecule has 0 aromatic heterocycles. The monoisotopic (exact) mass is 200 g/mol. The second kappa shape index (κ2) is 5.98. The summed E-state index contributed by atoms with van der Waals surface area (Å²) >= 11 is 0. The molecule has 0 heterocycles. The minimum Gasteiger partial charge on any atom is -0.391 e. The van der Waals surface area contributed by atoms with Gasteiger partial charge in [-0.1, -0.05) is 13.3 Å². The summed E-state index contributed by atoms with van der Waals surface area (Å²) in [5.74, 6) is -0.0212. The molecule has 0 spiro atoms. The number of hydrogen-bond donors (Lipinski definition) is 3. The summed E-state index contributed by atoms with van der Waals surface area (Å²) in [5, 5.41) is 15.2. The Bertz CT molecular complexity index is 181. The zero-order chi connectivity index (χ0) is 10.4. The molecule has 3 N–H and O–H groups in total. The van der Waals surface area contributed by atoms with Gasteiger partial charge in [-0.15, -0.1) is 0 Å². The Morgan fingerprint density at radius 1 is 1.57 bits per heavy atom. The predicted molar refractivity (Wildman–Crippen MR) is 54.9 cm³/mol. The summed E-state index contributed by atoms with van der Waals surface area (Å²) in [5.41, 5.74) is 0. The lowest BCUT2D eigenvalue weighted by atomic mass is 10.2. The second-order valence-electron chi connectivity index (χ2n) is 3.90. The third-order valence-electron chi connectivity index (χ3n) is 2.29. The van der Waals surface area contributed by atoms with E-state index >= 15 is 0 Å². The number of carbonyl (C=O) groups is 1. The molecule has 1 atom stereocenters. The van der Waals surface area contributed by atoms with Crippen LogP contribution in [0, 0.1) is 0 Å². The van der Waals surface area contributed by atoms with E-state index in [2.05, 4.69) is 10.6 Å². The van der Waals surface area contributed by atoms with Gasteiger partial charge in [0.1, 0.15) is 0 Å².